The molecule has 0 amide bonds. The van der Waals surface area contributed by atoms with Gasteiger partial charge in [0.1, 0.15) is 0 Å². The molecule has 3 aliphatic rings. The number of rotatable bonds is 2. The molecule has 1 fully saturated rings. The summed E-state index contributed by atoms with van der Waals surface area (Å²) in [4.78, 5) is 4.10. The second-order valence-corrected chi connectivity index (χ2v) is 8.17. The van der Waals surface area contributed by atoms with Gasteiger partial charge in [0.25, 0.3) is 0 Å². The Balaban J connectivity index is 1.35. The van der Waals surface area contributed by atoms with Crippen LogP contribution >= 0.6 is 0 Å². The standard InChI is InChI=1S/C26H24N2O2/c1-27-19(13-11-17-7-3-5-9-23(17)27)15-21-25(29)22(26(21)30)16-20-14-12-18-8-4-6-10-24(18)28(20)2/h3-16,21-22,25-26H,1-2H3/q-2. The summed E-state index contributed by atoms with van der Waals surface area (Å²) in [7, 11) is 3.95. The van der Waals surface area contributed by atoms with Crippen LogP contribution in [0.3, 0.4) is 0 Å². The number of allylic oxidation sites excluding steroid dienone is 2. The Kier molecular flexibility index (Phi) is 4.61. The van der Waals surface area contributed by atoms with E-state index in [-0.39, 0.29) is 0 Å². The topological polar surface area (TPSA) is 52.6 Å². The van der Waals surface area contributed by atoms with Gasteiger partial charge in [-0.25, -0.2) is 0 Å². The third-order valence-corrected chi connectivity index (χ3v) is 6.48. The van der Waals surface area contributed by atoms with Crippen LogP contribution in [0.5, 0.6) is 0 Å². The maximum atomic E-state index is 12.9. The van der Waals surface area contributed by atoms with Gasteiger partial charge in [-0.05, 0) is 47.2 Å². The molecule has 1 saturated carbocycles. The van der Waals surface area contributed by atoms with Gasteiger partial charge >= 0.3 is 0 Å². The molecule has 1 aliphatic carbocycles. The predicted molar refractivity (Wildman–Crippen MR) is 118 cm³/mol. The summed E-state index contributed by atoms with van der Waals surface area (Å²) < 4.78 is 0. The van der Waals surface area contributed by atoms with Gasteiger partial charge in [-0.2, -0.15) is 0 Å². The fourth-order valence-corrected chi connectivity index (χ4v) is 4.57. The molecular formula is C26H24N2O2-2. The Labute approximate surface area is 177 Å². The number of para-hydroxylation sites is 2. The Morgan fingerprint density at radius 1 is 0.633 bits per heavy atom. The van der Waals surface area contributed by atoms with Crippen molar-refractivity contribution in [3.05, 3.63) is 95.4 Å². The largest absolute Gasteiger partial charge is 0.851 e. The Bertz CT molecular complexity index is 1000. The van der Waals surface area contributed by atoms with Gasteiger partial charge in [-0.3, -0.25) is 0 Å². The number of anilines is 2. The lowest BCUT2D eigenvalue weighted by molar-refractivity contribution is -0.550. The SMILES string of the molecule is CN1C(=CC2C([O-])C(C=C3C=Cc4ccccc4N3C)C2[O-])C=Cc2ccccc21. The van der Waals surface area contributed by atoms with Crippen LogP contribution in [0, 0.1) is 11.8 Å². The van der Waals surface area contributed by atoms with E-state index in [1.165, 1.54) is 0 Å². The monoisotopic (exact) mass is 396 g/mol. The van der Waals surface area contributed by atoms with E-state index in [2.05, 4.69) is 21.9 Å². The molecule has 2 aliphatic heterocycles. The highest BCUT2D eigenvalue weighted by atomic mass is 16.3. The fraction of sp³-hybridized carbons (Fsp3) is 0.231. The lowest BCUT2D eigenvalue weighted by Crippen LogP contribution is -2.66. The van der Waals surface area contributed by atoms with Crippen LogP contribution < -0.4 is 20.0 Å². The Morgan fingerprint density at radius 3 is 1.47 bits per heavy atom. The second kappa shape index (κ2) is 7.31. The zero-order valence-corrected chi connectivity index (χ0v) is 17.1. The van der Waals surface area contributed by atoms with Crippen LogP contribution in [-0.2, 0) is 0 Å². The van der Waals surface area contributed by atoms with E-state index in [1.807, 2.05) is 86.9 Å². The fourth-order valence-electron chi connectivity index (χ4n) is 4.57. The molecule has 4 nitrogen and oxygen atoms in total. The lowest BCUT2D eigenvalue weighted by Gasteiger charge is -2.60. The molecule has 0 saturated heterocycles. The highest BCUT2D eigenvalue weighted by molar-refractivity contribution is 5.77. The van der Waals surface area contributed by atoms with Crippen molar-refractivity contribution in [2.24, 2.45) is 11.8 Å². The summed E-state index contributed by atoms with van der Waals surface area (Å²) in [5.74, 6) is -1.02. The molecule has 0 N–H and O–H groups in total. The highest BCUT2D eigenvalue weighted by Crippen LogP contribution is 2.39. The molecule has 2 aromatic carbocycles. The molecular weight excluding hydrogens is 372 g/mol. The summed E-state index contributed by atoms with van der Waals surface area (Å²) in [6.07, 6.45) is 9.94. The predicted octanol–water partition coefficient (Wildman–Crippen LogP) is 2.78. The van der Waals surface area contributed by atoms with E-state index in [0.29, 0.717) is 0 Å². The molecule has 0 spiro atoms. The van der Waals surface area contributed by atoms with Crippen LogP contribution in [-0.4, -0.2) is 26.3 Å². The smallest absolute Gasteiger partial charge is 0.0481 e. The summed E-state index contributed by atoms with van der Waals surface area (Å²) in [6.45, 7) is 0. The van der Waals surface area contributed by atoms with Gasteiger partial charge in [0.15, 0.2) is 0 Å². The molecule has 2 heterocycles. The molecule has 2 aromatic rings. The van der Waals surface area contributed by atoms with Crippen molar-refractivity contribution in [3.8, 4) is 0 Å². The number of fused-ring (bicyclic) bond motifs is 2. The Morgan fingerprint density at radius 2 is 1.03 bits per heavy atom. The van der Waals surface area contributed by atoms with Crippen molar-refractivity contribution in [1.82, 2.24) is 0 Å². The summed E-state index contributed by atoms with van der Waals surface area (Å²) >= 11 is 0. The number of nitrogens with zero attached hydrogens (tertiary/aromatic N) is 2. The van der Waals surface area contributed by atoms with Crippen molar-refractivity contribution >= 4 is 23.5 Å². The number of benzene rings is 2. The van der Waals surface area contributed by atoms with E-state index >= 15 is 0 Å². The third kappa shape index (κ3) is 3.00. The van der Waals surface area contributed by atoms with E-state index in [4.69, 9.17) is 0 Å². The minimum absolute atomic E-state index is 0.510. The molecule has 0 atom stereocenters. The first kappa shape index (κ1) is 18.9. The molecule has 0 bridgehead atoms. The molecule has 5 rings (SSSR count). The normalized spacial score (nSPS) is 29.7. The maximum Gasteiger partial charge on any atom is 0.0481 e. The van der Waals surface area contributed by atoms with Crippen LogP contribution in [0.15, 0.2) is 84.2 Å². The number of hydrogen-bond acceptors (Lipinski definition) is 4. The van der Waals surface area contributed by atoms with Crippen molar-refractivity contribution in [2.45, 2.75) is 12.2 Å². The molecule has 0 radical (unpaired) electrons. The molecule has 152 valence electrons. The van der Waals surface area contributed by atoms with Gasteiger partial charge < -0.3 is 20.0 Å². The Hall–Kier alpha value is -3.08. The third-order valence-electron chi connectivity index (χ3n) is 6.48. The highest BCUT2D eigenvalue weighted by Gasteiger charge is 2.35. The van der Waals surface area contributed by atoms with Crippen molar-refractivity contribution in [3.63, 3.8) is 0 Å². The molecule has 4 heteroatoms. The van der Waals surface area contributed by atoms with Crippen LogP contribution in [0.2, 0.25) is 0 Å². The number of hydrogen-bond donors (Lipinski definition) is 0. The van der Waals surface area contributed by atoms with Crippen LogP contribution in [0.25, 0.3) is 12.2 Å². The summed E-state index contributed by atoms with van der Waals surface area (Å²) in [5, 5.41) is 25.9. The average molecular weight is 396 g/mol. The minimum Gasteiger partial charge on any atom is -0.851 e. The minimum atomic E-state index is -0.926. The molecule has 0 unspecified atom stereocenters. The second-order valence-electron chi connectivity index (χ2n) is 8.17. The number of likely N-dealkylation sites (N-methyl/N-ethyl adjacent to an activating group) is 2. The van der Waals surface area contributed by atoms with Gasteiger partial charge in [0, 0.05) is 36.9 Å². The molecule has 0 aromatic heterocycles. The van der Waals surface area contributed by atoms with Crippen molar-refractivity contribution < 1.29 is 10.2 Å². The van der Waals surface area contributed by atoms with E-state index in [0.717, 1.165) is 33.9 Å². The average Bonchev–Trinajstić information content (AvgIpc) is 2.78. The summed E-state index contributed by atoms with van der Waals surface area (Å²) in [5.41, 5.74) is 6.27. The van der Waals surface area contributed by atoms with Crippen LogP contribution in [0.4, 0.5) is 11.4 Å². The first-order chi connectivity index (χ1) is 14.5. The van der Waals surface area contributed by atoms with Crippen LogP contribution in [0.1, 0.15) is 11.1 Å². The summed E-state index contributed by atoms with van der Waals surface area (Å²) in [6, 6.07) is 16.2. The molecule has 30 heavy (non-hydrogen) atoms. The van der Waals surface area contributed by atoms with E-state index < -0.39 is 24.0 Å². The first-order valence-electron chi connectivity index (χ1n) is 10.3. The first-order valence-corrected chi connectivity index (χ1v) is 10.3. The maximum absolute atomic E-state index is 12.9. The van der Waals surface area contributed by atoms with E-state index in [1.54, 1.807) is 0 Å². The van der Waals surface area contributed by atoms with Gasteiger partial charge in [-0.1, -0.05) is 60.7 Å². The van der Waals surface area contributed by atoms with E-state index in [9.17, 15) is 10.2 Å². The van der Waals surface area contributed by atoms with Crippen molar-refractivity contribution in [2.75, 3.05) is 23.9 Å². The lowest BCUT2D eigenvalue weighted by atomic mass is 9.68. The quantitative estimate of drug-likeness (QED) is 0.783. The van der Waals surface area contributed by atoms with Gasteiger partial charge in [-0.15, -0.1) is 12.2 Å². The van der Waals surface area contributed by atoms with Gasteiger partial charge in [0.05, 0.1) is 0 Å². The zero-order chi connectivity index (χ0) is 20.8. The van der Waals surface area contributed by atoms with Crippen molar-refractivity contribution in [1.29, 1.82) is 0 Å². The van der Waals surface area contributed by atoms with Gasteiger partial charge in [0.2, 0.25) is 0 Å². The zero-order valence-electron chi connectivity index (χ0n) is 17.1.